The van der Waals surface area contributed by atoms with Crippen molar-refractivity contribution in [2.45, 2.75) is 79.1 Å². The number of hydrogen-bond donors (Lipinski definition) is 4. The van der Waals surface area contributed by atoms with E-state index in [2.05, 4.69) is 96.8 Å². The van der Waals surface area contributed by atoms with E-state index in [4.69, 9.17) is 18.9 Å². The number of fused-ring (bicyclic) bond motifs is 8. The van der Waals surface area contributed by atoms with E-state index in [-0.39, 0.29) is 12.1 Å². The van der Waals surface area contributed by atoms with E-state index in [9.17, 15) is 9.59 Å². The third-order valence-corrected chi connectivity index (χ3v) is 10.9. The number of amides is 4. The summed E-state index contributed by atoms with van der Waals surface area (Å²) in [6, 6.07) is 20.0. The summed E-state index contributed by atoms with van der Waals surface area (Å²) < 4.78 is 26.8. The van der Waals surface area contributed by atoms with Crippen LogP contribution in [0.4, 0.5) is 21.0 Å². The van der Waals surface area contributed by atoms with Crippen molar-refractivity contribution in [2.24, 2.45) is 0 Å². The van der Waals surface area contributed by atoms with Crippen molar-refractivity contribution in [3.8, 4) is 23.0 Å². The fourth-order valence-corrected chi connectivity index (χ4v) is 8.05. The minimum Gasteiger partial charge on any atom is -0.493 e. The normalized spacial score (nSPS) is 13.2. The summed E-state index contributed by atoms with van der Waals surface area (Å²) in [7, 11) is 0. The van der Waals surface area contributed by atoms with Gasteiger partial charge in [0.25, 0.3) is 0 Å². The number of ether oxygens (including phenoxy) is 4. The fourth-order valence-electron chi connectivity index (χ4n) is 8.05. The summed E-state index contributed by atoms with van der Waals surface area (Å²) in [4.78, 5) is 26.9. The Kier molecular flexibility index (Phi) is 15.9. The summed E-state index contributed by atoms with van der Waals surface area (Å²) in [5.41, 5.74) is 17.1. The molecular formula is C54H60N4O6. The van der Waals surface area contributed by atoms with Crippen molar-refractivity contribution in [1.82, 2.24) is 10.6 Å². The monoisotopic (exact) mass is 860 g/mol. The van der Waals surface area contributed by atoms with Crippen LogP contribution < -0.4 is 40.2 Å². The lowest BCUT2D eigenvalue weighted by atomic mass is 9.90. The summed E-state index contributed by atoms with van der Waals surface area (Å²) >= 11 is 0. The molecule has 0 aliphatic heterocycles. The highest BCUT2D eigenvalue weighted by atomic mass is 16.5. The second-order valence-electron chi connectivity index (χ2n) is 16.2. The van der Waals surface area contributed by atoms with Crippen LogP contribution in [0.1, 0.15) is 97.9 Å². The van der Waals surface area contributed by atoms with Gasteiger partial charge in [-0.05, 0) is 96.5 Å². The second-order valence-corrected chi connectivity index (χ2v) is 16.2. The van der Waals surface area contributed by atoms with Crippen LogP contribution in [0.2, 0.25) is 0 Å². The fraction of sp³-hybridized carbons (Fsp3) is 0.333. The van der Waals surface area contributed by atoms with Gasteiger partial charge in [0.2, 0.25) is 0 Å². The Morgan fingerprint density at radius 3 is 1.08 bits per heavy atom. The maximum absolute atomic E-state index is 13.4. The molecule has 0 unspecified atom stereocenters. The molecule has 0 saturated heterocycles. The van der Waals surface area contributed by atoms with Crippen LogP contribution in [0.15, 0.2) is 120 Å². The highest BCUT2D eigenvalue weighted by Crippen LogP contribution is 2.41. The smallest absolute Gasteiger partial charge is 0.319 e. The first-order chi connectivity index (χ1) is 31.3. The minimum absolute atomic E-state index is 0.312. The number of benzene rings is 4. The molecule has 4 aromatic rings. The van der Waals surface area contributed by atoms with Crippen LogP contribution >= 0.6 is 0 Å². The van der Waals surface area contributed by atoms with Crippen molar-refractivity contribution >= 4 is 23.4 Å². The van der Waals surface area contributed by atoms with E-state index in [0.29, 0.717) is 76.6 Å². The van der Waals surface area contributed by atoms with Gasteiger partial charge in [-0.15, -0.1) is 11.5 Å². The number of allylic oxidation sites excluding steroid dienone is 2. The molecule has 10 heteroatoms. The number of carbonyl (C=O) groups excluding carboxylic acids is 2. The van der Waals surface area contributed by atoms with E-state index < -0.39 is 0 Å². The Hall–Kier alpha value is -6.86. The number of rotatable bonds is 18. The molecule has 0 spiro atoms. The van der Waals surface area contributed by atoms with Crippen LogP contribution in [0.25, 0.3) is 0 Å². The Balaban J connectivity index is 1.39. The molecule has 64 heavy (non-hydrogen) atoms. The maximum Gasteiger partial charge on any atom is 0.319 e. The summed E-state index contributed by atoms with van der Waals surface area (Å²) in [5.74, 6) is 3.17. The third-order valence-electron chi connectivity index (χ3n) is 10.9. The van der Waals surface area contributed by atoms with Crippen molar-refractivity contribution in [3.05, 3.63) is 164 Å². The van der Waals surface area contributed by atoms with Gasteiger partial charge in [-0.25, -0.2) is 9.59 Å². The molecule has 4 N–H and O–H groups in total. The molecule has 0 radical (unpaired) electrons. The summed E-state index contributed by atoms with van der Waals surface area (Å²) in [6.07, 6.45) is 16.6. The van der Waals surface area contributed by atoms with Crippen LogP contribution in [-0.4, -0.2) is 51.6 Å². The molecule has 3 aliphatic carbocycles. The topological polar surface area (TPSA) is 119 Å². The maximum atomic E-state index is 13.4. The Bertz CT molecular complexity index is 2270. The van der Waals surface area contributed by atoms with E-state index in [1.54, 1.807) is 0 Å². The number of para-hydroxylation sites is 2. The highest BCUT2D eigenvalue weighted by Gasteiger charge is 2.24. The Morgan fingerprint density at radius 1 is 0.484 bits per heavy atom. The van der Waals surface area contributed by atoms with E-state index in [0.717, 1.165) is 104 Å². The van der Waals surface area contributed by atoms with Crippen molar-refractivity contribution in [1.29, 1.82) is 0 Å². The van der Waals surface area contributed by atoms with Gasteiger partial charge in [0.15, 0.2) is 0 Å². The number of nitrogens with one attached hydrogen (secondary N) is 4. The lowest BCUT2D eigenvalue weighted by Crippen LogP contribution is -2.30. The van der Waals surface area contributed by atoms with Crippen LogP contribution in [0.3, 0.4) is 0 Å². The van der Waals surface area contributed by atoms with E-state index in [1.165, 1.54) is 0 Å². The van der Waals surface area contributed by atoms with Crippen LogP contribution in [-0.2, 0) is 25.7 Å². The third kappa shape index (κ3) is 11.8. The van der Waals surface area contributed by atoms with Crippen molar-refractivity contribution in [3.63, 3.8) is 0 Å². The molecule has 0 aromatic heterocycles. The molecule has 10 nitrogen and oxygen atoms in total. The van der Waals surface area contributed by atoms with Crippen molar-refractivity contribution in [2.75, 3.05) is 50.2 Å². The Labute approximate surface area is 377 Å². The zero-order chi connectivity index (χ0) is 44.7. The van der Waals surface area contributed by atoms with Gasteiger partial charge < -0.3 is 40.2 Å². The first kappa shape index (κ1) is 45.2. The van der Waals surface area contributed by atoms with Gasteiger partial charge in [0.05, 0.1) is 39.5 Å². The highest BCUT2D eigenvalue weighted by molar-refractivity contribution is 5.91. The van der Waals surface area contributed by atoms with E-state index in [1.807, 2.05) is 60.7 Å². The molecule has 0 atom stereocenters. The molecule has 0 saturated carbocycles. The Morgan fingerprint density at radius 2 is 0.797 bits per heavy atom. The lowest BCUT2D eigenvalue weighted by molar-refractivity contribution is 0.252. The predicted octanol–water partition coefficient (Wildman–Crippen LogP) is 11.1. The zero-order valence-electron chi connectivity index (χ0n) is 37.6. The van der Waals surface area contributed by atoms with Crippen LogP contribution in [0.5, 0.6) is 23.0 Å². The molecular weight excluding hydrogens is 801 g/mol. The quantitative estimate of drug-likeness (QED) is 0.0652. The molecule has 3 aliphatic rings. The predicted molar refractivity (Wildman–Crippen MR) is 256 cm³/mol. The molecule has 8 bridgehead atoms. The molecule has 0 heterocycles. The van der Waals surface area contributed by atoms with Gasteiger partial charge >= 0.3 is 12.1 Å². The van der Waals surface area contributed by atoms with Gasteiger partial charge in [-0.3, -0.25) is 0 Å². The lowest BCUT2D eigenvalue weighted by Gasteiger charge is -2.24. The van der Waals surface area contributed by atoms with Gasteiger partial charge in [-0.1, -0.05) is 76.2 Å². The summed E-state index contributed by atoms with van der Waals surface area (Å²) in [5, 5.41) is 12.2. The van der Waals surface area contributed by atoms with Gasteiger partial charge in [0, 0.05) is 70.5 Å². The van der Waals surface area contributed by atoms with Gasteiger partial charge in [-0.2, -0.15) is 0 Å². The standard InChI is InChI=1S/C54H60N4O6/c1-5-23-61-49-39-19-13-20-40(49)28-44-32-48(58-54(60)56-36-38-17-11-12-18-38)34-46(52(44)64-26-8-4)30-42-22-14-21-41(50(42)62-24-6-2)29-45-33-47(31-43(27-39)51(45)63-25-7-3)57-53(59)55-35-37-15-9-10-16-37/h9-15,17,19-22,31-34H,5-8,23-30,35-36H2,1-4H3,(H2,55,57,59)(H2,56,58,60). The number of anilines is 2. The second kappa shape index (κ2) is 22.5. The minimum atomic E-state index is -0.312. The molecule has 4 aromatic carbocycles. The number of carbonyl (C=O) groups is 2. The number of urea groups is 2. The van der Waals surface area contributed by atoms with Crippen molar-refractivity contribution < 1.29 is 28.5 Å². The van der Waals surface area contributed by atoms with Crippen LogP contribution in [0, 0.1) is 0 Å². The average Bonchev–Trinajstić information content (AvgIpc) is 4.02. The zero-order valence-corrected chi connectivity index (χ0v) is 37.6. The molecule has 0 fully saturated rings. The average molecular weight is 861 g/mol. The largest absolute Gasteiger partial charge is 0.493 e. The first-order valence-corrected chi connectivity index (χ1v) is 22.7. The SMILES string of the molecule is CCCOc1c2cccc1Cc1cc(NC(=O)NCC3=C=CC=C3)cc(c1OCCC)Cc1cccc(c1OCCC)Cc1cc(NC(=O)NCC3=C=CC=C3)cc(c1OCCC)C2. The van der Waals surface area contributed by atoms with Gasteiger partial charge in [0.1, 0.15) is 23.0 Å². The molecule has 7 rings (SSSR count). The number of hydrogen-bond acceptors (Lipinski definition) is 6. The van der Waals surface area contributed by atoms with E-state index >= 15 is 0 Å². The summed E-state index contributed by atoms with van der Waals surface area (Å²) in [6.45, 7) is 11.2. The molecule has 332 valence electrons. The molecule has 4 amide bonds. The first-order valence-electron chi connectivity index (χ1n) is 22.7.